The molecule has 1 aromatic carbocycles. The first-order valence-corrected chi connectivity index (χ1v) is 14.5. The van der Waals surface area contributed by atoms with Crippen LogP contribution >= 0.6 is 11.3 Å². The number of fused-ring (bicyclic) bond motifs is 1. The Morgan fingerprint density at radius 1 is 1.13 bits per heavy atom. The van der Waals surface area contributed by atoms with Crippen LogP contribution < -0.4 is 5.32 Å². The van der Waals surface area contributed by atoms with Crippen LogP contribution in [0.2, 0.25) is 0 Å². The van der Waals surface area contributed by atoms with E-state index in [1.165, 1.54) is 9.71 Å². The molecule has 2 aliphatic rings. The zero-order valence-electron chi connectivity index (χ0n) is 23.4. The molecule has 0 spiro atoms. The third kappa shape index (κ3) is 5.34. The molecular formula is C30H39N5O2S. The summed E-state index contributed by atoms with van der Waals surface area (Å²) >= 11 is 1.80. The highest BCUT2D eigenvalue weighted by Gasteiger charge is 2.36. The van der Waals surface area contributed by atoms with Crippen LogP contribution in [0, 0.1) is 19.8 Å². The van der Waals surface area contributed by atoms with Gasteiger partial charge in [-0.1, -0.05) is 13.0 Å². The van der Waals surface area contributed by atoms with E-state index in [1.807, 2.05) is 19.9 Å². The summed E-state index contributed by atoms with van der Waals surface area (Å²) in [6.07, 6.45) is 5.67. The fraction of sp³-hybridized carbons (Fsp3) is 0.533. The molecule has 2 aromatic heterocycles. The lowest BCUT2D eigenvalue weighted by atomic mass is 9.83. The largest absolute Gasteiger partial charge is 0.327 e. The second-order valence-corrected chi connectivity index (χ2v) is 13.0. The van der Waals surface area contributed by atoms with Crippen molar-refractivity contribution in [2.75, 3.05) is 25.5 Å². The van der Waals surface area contributed by atoms with Crippen molar-refractivity contribution in [2.45, 2.75) is 77.8 Å². The molecule has 38 heavy (non-hydrogen) atoms. The summed E-state index contributed by atoms with van der Waals surface area (Å²) in [4.78, 5) is 40.0. The molecule has 2 fully saturated rings. The van der Waals surface area contributed by atoms with Crippen LogP contribution in [-0.4, -0.2) is 57.3 Å². The monoisotopic (exact) mass is 533 g/mol. The summed E-state index contributed by atoms with van der Waals surface area (Å²) < 4.78 is 1.18. The molecule has 5 rings (SSSR count). The molecule has 3 unspecified atom stereocenters. The smallest absolute Gasteiger partial charge is 0.313 e. The van der Waals surface area contributed by atoms with E-state index in [0.29, 0.717) is 24.1 Å². The number of nitrogens with zero attached hydrogens (tertiary/aromatic N) is 4. The number of rotatable bonds is 3. The summed E-state index contributed by atoms with van der Waals surface area (Å²) in [5, 5.41) is 3.98. The molecule has 3 aromatic rings. The Morgan fingerprint density at radius 2 is 1.92 bits per heavy atom. The van der Waals surface area contributed by atoms with Crippen LogP contribution in [0.3, 0.4) is 0 Å². The van der Waals surface area contributed by atoms with Gasteiger partial charge in [0.25, 0.3) is 0 Å². The number of likely N-dealkylation sites (tertiary alicyclic amines) is 2. The van der Waals surface area contributed by atoms with Crippen molar-refractivity contribution in [3.8, 4) is 0 Å². The van der Waals surface area contributed by atoms with E-state index in [9.17, 15) is 9.59 Å². The lowest BCUT2D eigenvalue weighted by molar-refractivity contribution is -0.146. The van der Waals surface area contributed by atoms with Gasteiger partial charge >= 0.3 is 11.8 Å². The molecule has 8 heteroatoms. The maximum Gasteiger partial charge on any atom is 0.313 e. The summed E-state index contributed by atoms with van der Waals surface area (Å²) in [6, 6.07) is 8.12. The van der Waals surface area contributed by atoms with E-state index >= 15 is 0 Å². The Balaban J connectivity index is 1.37. The Hall–Kier alpha value is -2.84. The van der Waals surface area contributed by atoms with Crippen molar-refractivity contribution in [1.82, 2.24) is 19.8 Å². The van der Waals surface area contributed by atoms with Crippen LogP contribution in [-0.2, 0) is 9.59 Å². The van der Waals surface area contributed by atoms with Gasteiger partial charge in [-0.15, -0.1) is 11.3 Å². The van der Waals surface area contributed by atoms with Gasteiger partial charge in [-0.05, 0) is 102 Å². The van der Waals surface area contributed by atoms with Crippen LogP contribution in [0.1, 0.15) is 80.2 Å². The van der Waals surface area contributed by atoms with E-state index < -0.39 is 11.8 Å². The molecule has 3 atom stereocenters. The number of hydrogen-bond acceptors (Lipinski definition) is 6. The van der Waals surface area contributed by atoms with Crippen molar-refractivity contribution in [3.63, 3.8) is 0 Å². The normalized spacial score (nSPS) is 23.9. The minimum absolute atomic E-state index is 0.140. The van der Waals surface area contributed by atoms with Crippen molar-refractivity contribution in [1.29, 1.82) is 0 Å². The molecular weight excluding hydrogens is 494 g/mol. The number of nitrogens with one attached hydrogen (secondary N) is 1. The highest BCUT2D eigenvalue weighted by atomic mass is 32.1. The number of amides is 2. The van der Waals surface area contributed by atoms with Crippen molar-refractivity contribution < 1.29 is 9.59 Å². The minimum Gasteiger partial charge on any atom is -0.327 e. The molecule has 0 radical (unpaired) electrons. The minimum atomic E-state index is -0.615. The summed E-state index contributed by atoms with van der Waals surface area (Å²) in [7, 11) is 2.21. The molecule has 2 aliphatic heterocycles. The number of thiazole rings is 1. The SMILES string of the molecule is Cc1cc(NC(=O)C(=O)N2CC(C)CCC2c2ccc3sc(C4CCN(C)C(C)(C)C4)nc3c2)cnc1C. The molecule has 0 bridgehead atoms. The third-order valence-electron chi connectivity index (χ3n) is 8.62. The van der Waals surface area contributed by atoms with Crippen LogP contribution in [0.25, 0.3) is 10.2 Å². The maximum absolute atomic E-state index is 13.4. The van der Waals surface area contributed by atoms with Crippen molar-refractivity contribution in [2.24, 2.45) is 5.92 Å². The Morgan fingerprint density at radius 3 is 2.66 bits per heavy atom. The van der Waals surface area contributed by atoms with Crippen LogP contribution in [0.5, 0.6) is 0 Å². The Labute approximate surface area is 229 Å². The number of aromatic nitrogens is 2. The third-order valence-corrected chi connectivity index (χ3v) is 9.82. The summed E-state index contributed by atoms with van der Waals surface area (Å²) in [6.45, 7) is 12.3. The molecule has 1 N–H and O–H groups in total. The number of anilines is 1. The molecule has 7 nitrogen and oxygen atoms in total. The highest BCUT2D eigenvalue weighted by Crippen LogP contribution is 2.41. The maximum atomic E-state index is 13.4. The van der Waals surface area contributed by atoms with E-state index in [4.69, 9.17) is 4.98 Å². The average Bonchev–Trinajstić information content (AvgIpc) is 3.31. The van der Waals surface area contributed by atoms with Gasteiger partial charge in [0.15, 0.2) is 0 Å². The van der Waals surface area contributed by atoms with E-state index in [2.05, 4.69) is 61.2 Å². The topological polar surface area (TPSA) is 78.4 Å². The van der Waals surface area contributed by atoms with Gasteiger partial charge in [-0.3, -0.25) is 14.6 Å². The molecule has 2 amide bonds. The molecule has 2 saturated heterocycles. The number of carbonyl (C=O) groups excluding carboxylic acids is 2. The van der Waals surface area contributed by atoms with E-state index in [-0.39, 0.29) is 11.6 Å². The lowest BCUT2D eigenvalue weighted by Crippen LogP contribution is -2.46. The Bertz CT molecular complexity index is 1370. The lowest BCUT2D eigenvalue weighted by Gasteiger charge is -2.43. The number of hydrogen-bond donors (Lipinski definition) is 1. The number of pyridine rings is 1. The number of carbonyl (C=O) groups is 2. The number of piperidine rings is 2. The Kier molecular flexibility index (Phi) is 7.31. The van der Waals surface area contributed by atoms with Gasteiger partial charge in [0.05, 0.1) is 33.2 Å². The summed E-state index contributed by atoms with van der Waals surface area (Å²) in [5.74, 6) is -0.295. The van der Waals surface area contributed by atoms with Gasteiger partial charge in [0.1, 0.15) is 0 Å². The second-order valence-electron chi connectivity index (χ2n) is 11.9. The first-order valence-electron chi connectivity index (χ1n) is 13.7. The second kappa shape index (κ2) is 10.4. The molecule has 202 valence electrons. The number of benzene rings is 1. The van der Waals surface area contributed by atoms with Gasteiger partial charge in [0, 0.05) is 23.7 Å². The van der Waals surface area contributed by atoms with Crippen molar-refractivity contribution >= 4 is 39.1 Å². The van der Waals surface area contributed by atoms with Crippen molar-refractivity contribution in [3.05, 3.63) is 52.3 Å². The van der Waals surface area contributed by atoms with Crippen LogP contribution in [0.4, 0.5) is 5.69 Å². The van der Waals surface area contributed by atoms with Crippen LogP contribution in [0.15, 0.2) is 30.5 Å². The molecule has 4 heterocycles. The highest BCUT2D eigenvalue weighted by molar-refractivity contribution is 7.18. The average molecular weight is 534 g/mol. The quantitative estimate of drug-likeness (QED) is 0.428. The fourth-order valence-corrected chi connectivity index (χ4v) is 6.90. The van der Waals surface area contributed by atoms with Gasteiger partial charge in [-0.25, -0.2) is 4.98 Å². The van der Waals surface area contributed by atoms with E-state index in [0.717, 1.165) is 54.6 Å². The zero-order chi connectivity index (χ0) is 27.2. The predicted octanol–water partition coefficient (Wildman–Crippen LogP) is 5.83. The number of aryl methyl sites for hydroxylation is 2. The first-order chi connectivity index (χ1) is 18.0. The fourth-order valence-electron chi connectivity index (χ4n) is 5.82. The van der Waals surface area contributed by atoms with Gasteiger partial charge < -0.3 is 15.1 Å². The van der Waals surface area contributed by atoms with Gasteiger partial charge in [-0.2, -0.15) is 0 Å². The first kappa shape index (κ1) is 26.8. The van der Waals surface area contributed by atoms with E-state index in [1.54, 1.807) is 22.4 Å². The molecule has 0 aliphatic carbocycles. The summed E-state index contributed by atoms with van der Waals surface area (Å²) in [5.41, 5.74) is 4.63. The molecule has 0 saturated carbocycles. The standard InChI is InChI=1S/C30H39N5O2S/c1-18-7-9-25(35(17-18)29(37)27(36)32-23-13-19(2)20(3)31-16-23)21-8-10-26-24(14-21)33-28(38-26)22-11-12-34(6)30(4,5)15-22/h8,10,13-14,16,18,22,25H,7,9,11-12,15,17H2,1-6H3,(H,32,36). The predicted molar refractivity (Wildman–Crippen MR) is 153 cm³/mol. The zero-order valence-corrected chi connectivity index (χ0v) is 24.2. The van der Waals surface area contributed by atoms with Gasteiger partial charge in [0.2, 0.25) is 0 Å².